The van der Waals surface area contributed by atoms with Gasteiger partial charge in [0.05, 0.1) is 0 Å². The molecule has 20 heavy (non-hydrogen) atoms. The number of hydrogen-bond donors (Lipinski definition) is 1. The third kappa shape index (κ3) is 2.41. The molecule has 1 heterocycles. The second-order valence-corrected chi connectivity index (χ2v) is 4.48. The van der Waals surface area contributed by atoms with Crippen LogP contribution in [0, 0.1) is 0 Å². The van der Waals surface area contributed by atoms with Crippen molar-refractivity contribution in [1.29, 1.82) is 0 Å². The maximum Gasteiger partial charge on any atom is 0.408 e. The zero-order chi connectivity index (χ0) is 13.5. The van der Waals surface area contributed by atoms with E-state index >= 15 is 0 Å². The number of alkyl carbamates (subject to hydrolysis) is 1. The lowest BCUT2D eigenvalue weighted by atomic mass is 9.94. The van der Waals surface area contributed by atoms with E-state index in [9.17, 15) is 13.6 Å². The number of cyclic esters (lactones) is 1. The van der Waals surface area contributed by atoms with E-state index in [0.717, 1.165) is 5.39 Å². The van der Waals surface area contributed by atoms with Crippen LogP contribution in [0.25, 0.3) is 10.8 Å². The molecule has 2 aromatic rings. The first-order chi connectivity index (χ1) is 9.08. The van der Waals surface area contributed by atoms with Crippen molar-refractivity contribution < 1.29 is 18.3 Å². The Labute approximate surface area is 120 Å². The number of hydrogen-bond acceptors (Lipinski definition) is 2. The van der Waals surface area contributed by atoms with Crippen molar-refractivity contribution in [2.45, 2.75) is 12.0 Å². The van der Waals surface area contributed by atoms with Crippen LogP contribution in [0.1, 0.15) is 11.6 Å². The highest BCUT2D eigenvalue weighted by Gasteiger charge is 2.47. The van der Waals surface area contributed by atoms with Crippen molar-refractivity contribution >= 4 is 29.3 Å². The summed E-state index contributed by atoms with van der Waals surface area (Å²) in [5.74, 6) is -3.13. The fourth-order valence-electron chi connectivity index (χ4n) is 2.32. The molecule has 6 heteroatoms. The number of nitrogens with one attached hydrogen (secondary N) is 1. The zero-order valence-electron chi connectivity index (χ0n) is 10.3. The fourth-order valence-corrected chi connectivity index (χ4v) is 2.32. The van der Waals surface area contributed by atoms with E-state index < -0.39 is 24.7 Å². The summed E-state index contributed by atoms with van der Waals surface area (Å²) in [6.45, 7) is -0.896. The lowest BCUT2D eigenvalue weighted by Gasteiger charge is -2.32. The Morgan fingerprint density at radius 1 is 1.15 bits per heavy atom. The number of amides is 1. The molecule has 0 bridgehead atoms. The van der Waals surface area contributed by atoms with E-state index in [1.165, 1.54) is 0 Å². The number of alkyl halides is 2. The Kier molecular flexibility index (Phi) is 3.81. The summed E-state index contributed by atoms with van der Waals surface area (Å²) in [5, 5.41) is 3.77. The highest BCUT2D eigenvalue weighted by molar-refractivity contribution is 5.87. The number of carbonyl (C=O) groups is 1. The van der Waals surface area contributed by atoms with Crippen LogP contribution in [-0.2, 0) is 4.74 Å². The van der Waals surface area contributed by atoms with E-state index in [-0.39, 0.29) is 12.4 Å². The number of halogens is 3. The molecule has 0 unspecified atom stereocenters. The average molecular weight is 300 g/mol. The summed E-state index contributed by atoms with van der Waals surface area (Å²) >= 11 is 0. The highest BCUT2D eigenvalue weighted by atomic mass is 35.5. The molecule has 3 nitrogen and oxygen atoms in total. The molecule has 0 aliphatic carbocycles. The number of ether oxygens (including phenoxy) is 1. The molecule has 0 spiro atoms. The van der Waals surface area contributed by atoms with Gasteiger partial charge in [0, 0.05) is 0 Å². The van der Waals surface area contributed by atoms with Gasteiger partial charge in [-0.3, -0.25) is 0 Å². The Morgan fingerprint density at radius 2 is 1.85 bits per heavy atom. The molecule has 1 amide bonds. The summed E-state index contributed by atoms with van der Waals surface area (Å²) in [5.41, 5.74) is 0.403. The van der Waals surface area contributed by atoms with Gasteiger partial charge < -0.3 is 10.1 Å². The van der Waals surface area contributed by atoms with Gasteiger partial charge in [0.25, 0.3) is 0 Å². The van der Waals surface area contributed by atoms with Crippen molar-refractivity contribution in [3.63, 3.8) is 0 Å². The van der Waals surface area contributed by atoms with Gasteiger partial charge in [-0.2, -0.15) is 0 Å². The van der Waals surface area contributed by atoms with E-state index in [1.807, 2.05) is 18.2 Å². The largest absolute Gasteiger partial charge is 0.443 e. The molecule has 106 valence electrons. The molecule has 0 saturated carbocycles. The SMILES string of the molecule is Cl.O=C1N[C@H](c2cccc3ccccc23)C(F)(F)CO1. The first-order valence-electron chi connectivity index (χ1n) is 5.87. The average Bonchev–Trinajstić information content (AvgIpc) is 2.41. The molecule has 0 aromatic heterocycles. The molecule has 2 aromatic carbocycles. The molecular formula is C14H12ClF2NO2. The van der Waals surface area contributed by atoms with Gasteiger partial charge in [0.15, 0.2) is 6.61 Å². The van der Waals surface area contributed by atoms with Crippen LogP contribution in [-0.4, -0.2) is 18.6 Å². The zero-order valence-corrected chi connectivity index (χ0v) is 11.1. The monoisotopic (exact) mass is 299 g/mol. The van der Waals surface area contributed by atoms with E-state index in [1.54, 1.807) is 24.3 Å². The quantitative estimate of drug-likeness (QED) is 0.872. The molecule has 1 N–H and O–H groups in total. The van der Waals surface area contributed by atoms with Crippen molar-refractivity contribution in [1.82, 2.24) is 5.32 Å². The molecule has 0 radical (unpaired) electrons. The van der Waals surface area contributed by atoms with Crippen LogP contribution >= 0.6 is 12.4 Å². The van der Waals surface area contributed by atoms with Crippen molar-refractivity contribution in [2.24, 2.45) is 0 Å². The predicted molar refractivity (Wildman–Crippen MR) is 73.4 cm³/mol. The van der Waals surface area contributed by atoms with Crippen LogP contribution in [0.4, 0.5) is 13.6 Å². The predicted octanol–water partition coefficient (Wildman–Crippen LogP) is 3.68. The number of fused-ring (bicyclic) bond motifs is 1. The van der Waals surface area contributed by atoms with E-state index in [2.05, 4.69) is 10.1 Å². The van der Waals surface area contributed by atoms with Crippen LogP contribution in [0.5, 0.6) is 0 Å². The normalized spacial score (nSPS) is 20.7. The van der Waals surface area contributed by atoms with Crippen LogP contribution in [0.15, 0.2) is 42.5 Å². The summed E-state index contributed by atoms with van der Waals surface area (Å²) in [4.78, 5) is 11.2. The van der Waals surface area contributed by atoms with E-state index in [0.29, 0.717) is 10.9 Å². The van der Waals surface area contributed by atoms with E-state index in [4.69, 9.17) is 0 Å². The molecule has 1 atom stereocenters. The Bertz CT molecular complexity index is 643. The Morgan fingerprint density at radius 3 is 2.65 bits per heavy atom. The third-order valence-electron chi connectivity index (χ3n) is 3.21. The lowest BCUT2D eigenvalue weighted by Crippen LogP contribution is -2.49. The van der Waals surface area contributed by atoms with Gasteiger partial charge in [-0.1, -0.05) is 42.5 Å². The summed E-state index contributed by atoms with van der Waals surface area (Å²) < 4.78 is 32.2. The molecule has 1 saturated heterocycles. The standard InChI is InChI=1S/C14H11F2NO2.ClH/c15-14(16)8-19-13(18)17-12(14)11-7-3-5-9-4-1-2-6-10(9)11;/h1-7,12H,8H2,(H,17,18);1H/t12-;/m1./s1. The third-order valence-corrected chi connectivity index (χ3v) is 3.21. The Balaban J connectivity index is 0.00000147. The summed E-state index contributed by atoms with van der Waals surface area (Å²) in [6, 6.07) is 11.0. The van der Waals surface area contributed by atoms with Crippen LogP contribution in [0.3, 0.4) is 0 Å². The lowest BCUT2D eigenvalue weighted by molar-refractivity contribution is -0.103. The first kappa shape index (κ1) is 14.5. The Hall–Kier alpha value is -1.88. The topological polar surface area (TPSA) is 38.3 Å². The number of rotatable bonds is 1. The van der Waals surface area contributed by atoms with Gasteiger partial charge in [0.2, 0.25) is 0 Å². The van der Waals surface area contributed by atoms with Crippen molar-refractivity contribution in [2.75, 3.05) is 6.61 Å². The number of carbonyl (C=O) groups excluding carboxylic acids is 1. The smallest absolute Gasteiger partial charge is 0.408 e. The molecule has 3 rings (SSSR count). The van der Waals surface area contributed by atoms with Crippen molar-refractivity contribution in [3.05, 3.63) is 48.0 Å². The fraction of sp³-hybridized carbons (Fsp3) is 0.214. The first-order valence-corrected chi connectivity index (χ1v) is 5.87. The minimum atomic E-state index is -3.13. The second-order valence-electron chi connectivity index (χ2n) is 4.48. The minimum absolute atomic E-state index is 0. The van der Waals surface area contributed by atoms with Crippen LogP contribution in [0.2, 0.25) is 0 Å². The maximum atomic E-state index is 13.9. The molecule has 1 aliphatic heterocycles. The minimum Gasteiger partial charge on any atom is -0.443 e. The molecule has 1 aliphatic rings. The highest BCUT2D eigenvalue weighted by Crippen LogP contribution is 2.37. The van der Waals surface area contributed by atoms with Crippen LogP contribution < -0.4 is 5.32 Å². The summed E-state index contributed by atoms with van der Waals surface area (Å²) in [6.07, 6.45) is -0.816. The van der Waals surface area contributed by atoms with Gasteiger partial charge in [-0.05, 0) is 16.3 Å². The molecule has 1 fully saturated rings. The van der Waals surface area contributed by atoms with Crippen molar-refractivity contribution in [3.8, 4) is 0 Å². The van der Waals surface area contributed by atoms with Gasteiger partial charge in [-0.15, -0.1) is 12.4 Å². The molecular weight excluding hydrogens is 288 g/mol. The van der Waals surface area contributed by atoms with Gasteiger partial charge >= 0.3 is 12.0 Å². The van der Waals surface area contributed by atoms with Gasteiger partial charge in [-0.25, -0.2) is 13.6 Å². The second kappa shape index (κ2) is 5.25. The van der Waals surface area contributed by atoms with Gasteiger partial charge in [0.1, 0.15) is 6.04 Å². The summed E-state index contributed by atoms with van der Waals surface area (Å²) in [7, 11) is 0. The maximum absolute atomic E-state index is 13.9. The number of benzene rings is 2.